The Morgan fingerprint density at radius 1 is 1.05 bits per heavy atom. The first-order valence-electron chi connectivity index (χ1n) is 7.98. The molecule has 19 heavy (non-hydrogen) atoms. The zero-order chi connectivity index (χ0) is 13.9. The van der Waals surface area contributed by atoms with Gasteiger partial charge >= 0.3 is 0 Å². The first kappa shape index (κ1) is 16.2. The van der Waals surface area contributed by atoms with Crippen molar-refractivity contribution >= 4 is 0 Å². The summed E-state index contributed by atoms with van der Waals surface area (Å²) in [5.74, 6) is 0. The highest BCUT2D eigenvalue weighted by molar-refractivity contribution is 5.07. The molecule has 0 fully saturated rings. The van der Waals surface area contributed by atoms with Gasteiger partial charge in [0.05, 0.1) is 12.3 Å². The molecular formula is C16H30N2O. The van der Waals surface area contributed by atoms with Crippen molar-refractivity contribution in [3.63, 3.8) is 0 Å². The van der Waals surface area contributed by atoms with Gasteiger partial charge in [-0.3, -0.25) is 4.68 Å². The first-order chi connectivity index (χ1) is 9.27. The molecular weight excluding hydrogens is 236 g/mol. The fraction of sp³-hybridized carbons (Fsp3) is 0.812. The van der Waals surface area contributed by atoms with Crippen LogP contribution in [-0.4, -0.2) is 14.9 Å². The molecule has 1 aromatic rings. The Balaban J connectivity index is 2.11. The standard InChI is InChI=1S/C16H30N2O/c1-3-5-6-7-8-9-10-11-16(19)15-13-17-18(14-15)12-4-2/h13-14,16,19H,3-12H2,1-2H3. The Morgan fingerprint density at radius 3 is 2.42 bits per heavy atom. The minimum atomic E-state index is -0.332. The summed E-state index contributed by atoms with van der Waals surface area (Å²) in [5.41, 5.74) is 0.972. The molecule has 3 nitrogen and oxygen atoms in total. The van der Waals surface area contributed by atoms with E-state index in [9.17, 15) is 5.11 Å². The normalized spacial score (nSPS) is 12.8. The molecule has 0 aliphatic carbocycles. The minimum Gasteiger partial charge on any atom is -0.388 e. The molecule has 0 spiro atoms. The number of nitrogens with zero attached hydrogens (tertiary/aromatic N) is 2. The molecule has 0 radical (unpaired) electrons. The van der Waals surface area contributed by atoms with Gasteiger partial charge in [-0.25, -0.2) is 0 Å². The molecule has 110 valence electrons. The van der Waals surface area contributed by atoms with Gasteiger partial charge < -0.3 is 5.11 Å². The van der Waals surface area contributed by atoms with Crippen molar-refractivity contribution in [2.24, 2.45) is 0 Å². The van der Waals surface area contributed by atoms with Gasteiger partial charge in [0.15, 0.2) is 0 Å². The fourth-order valence-corrected chi connectivity index (χ4v) is 2.36. The van der Waals surface area contributed by atoms with E-state index in [4.69, 9.17) is 0 Å². The molecule has 0 aromatic carbocycles. The van der Waals surface area contributed by atoms with Crippen LogP contribution in [0.5, 0.6) is 0 Å². The van der Waals surface area contributed by atoms with E-state index in [2.05, 4.69) is 18.9 Å². The van der Waals surface area contributed by atoms with Crippen LogP contribution in [0, 0.1) is 0 Å². The van der Waals surface area contributed by atoms with Crippen LogP contribution in [0.25, 0.3) is 0 Å². The van der Waals surface area contributed by atoms with E-state index in [-0.39, 0.29) is 6.10 Å². The third-order valence-corrected chi connectivity index (χ3v) is 3.57. The topological polar surface area (TPSA) is 38.1 Å². The van der Waals surface area contributed by atoms with Crippen LogP contribution in [-0.2, 0) is 6.54 Å². The summed E-state index contributed by atoms with van der Waals surface area (Å²) in [6, 6.07) is 0. The van der Waals surface area contributed by atoms with Crippen LogP contribution in [0.3, 0.4) is 0 Å². The lowest BCUT2D eigenvalue weighted by Gasteiger charge is -2.08. The highest BCUT2D eigenvalue weighted by atomic mass is 16.3. The maximum atomic E-state index is 10.1. The Bertz CT molecular complexity index is 322. The quantitative estimate of drug-likeness (QED) is 0.600. The van der Waals surface area contributed by atoms with Crippen molar-refractivity contribution in [3.8, 4) is 0 Å². The van der Waals surface area contributed by atoms with Crippen LogP contribution < -0.4 is 0 Å². The summed E-state index contributed by atoms with van der Waals surface area (Å²) in [6.07, 6.45) is 14.4. The molecule has 0 saturated heterocycles. The summed E-state index contributed by atoms with van der Waals surface area (Å²) in [7, 11) is 0. The summed E-state index contributed by atoms with van der Waals surface area (Å²) in [4.78, 5) is 0. The van der Waals surface area contributed by atoms with Crippen LogP contribution >= 0.6 is 0 Å². The molecule has 1 rings (SSSR count). The third-order valence-electron chi connectivity index (χ3n) is 3.57. The predicted molar refractivity (Wildman–Crippen MR) is 80.1 cm³/mol. The predicted octanol–water partition coefficient (Wildman–Crippen LogP) is 4.47. The van der Waals surface area contributed by atoms with Crippen molar-refractivity contribution in [1.29, 1.82) is 0 Å². The van der Waals surface area contributed by atoms with Crippen molar-refractivity contribution in [3.05, 3.63) is 18.0 Å². The molecule has 1 aromatic heterocycles. The van der Waals surface area contributed by atoms with Crippen molar-refractivity contribution in [1.82, 2.24) is 9.78 Å². The maximum absolute atomic E-state index is 10.1. The first-order valence-corrected chi connectivity index (χ1v) is 7.98. The lowest BCUT2D eigenvalue weighted by atomic mass is 10.0. The van der Waals surface area contributed by atoms with E-state index >= 15 is 0 Å². The van der Waals surface area contributed by atoms with E-state index in [0.717, 1.165) is 31.4 Å². The zero-order valence-electron chi connectivity index (χ0n) is 12.6. The molecule has 0 bridgehead atoms. The van der Waals surface area contributed by atoms with Gasteiger partial charge in [0.1, 0.15) is 0 Å². The fourth-order valence-electron chi connectivity index (χ4n) is 2.36. The van der Waals surface area contributed by atoms with Crippen LogP contribution in [0.1, 0.15) is 83.3 Å². The molecule has 3 heteroatoms. The third kappa shape index (κ3) is 6.76. The molecule has 0 amide bonds. The van der Waals surface area contributed by atoms with Crippen LogP contribution in [0.2, 0.25) is 0 Å². The summed E-state index contributed by atoms with van der Waals surface area (Å²) in [6.45, 7) is 5.32. The number of aliphatic hydroxyl groups is 1. The Kier molecular flexibility index (Phi) is 8.55. The SMILES string of the molecule is CCCCCCCCCC(O)c1cnn(CCC)c1. The van der Waals surface area contributed by atoms with Crippen molar-refractivity contribution < 1.29 is 5.11 Å². The smallest absolute Gasteiger partial charge is 0.0820 e. The minimum absolute atomic E-state index is 0.332. The average molecular weight is 266 g/mol. The Labute approximate surface area is 118 Å². The van der Waals surface area contributed by atoms with Crippen LogP contribution in [0.4, 0.5) is 0 Å². The van der Waals surface area contributed by atoms with Crippen LogP contribution in [0.15, 0.2) is 12.4 Å². The number of hydrogen-bond donors (Lipinski definition) is 1. The second kappa shape index (κ2) is 10.0. The lowest BCUT2D eigenvalue weighted by molar-refractivity contribution is 0.163. The highest BCUT2D eigenvalue weighted by Gasteiger charge is 2.09. The van der Waals surface area contributed by atoms with E-state index in [1.54, 1.807) is 0 Å². The molecule has 1 atom stereocenters. The lowest BCUT2D eigenvalue weighted by Crippen LogP contribution is -1.98. The average Bonchev–Trinajstić information content (AvgIpc) is 2.87. The maximum Gasteiger partial charge on any atom is 0.0820 e. The van der Waals surface area contributed by atoms with E-state index in [0.29, 0.717) is 0 Å². The number of hydrogen-bond acceptors (Lipinski definition) is 2. The van der Waals surface area contributed by atoms with Gasteiger partial charge in [-0.1, -0.05) is 58.8 Å². The summed E-state index contributed by atoms with van der Waals surface area (Å²) < 4.78 is 1.92. The summed E-state index contributed by atoms with van der Waals surface area (Å²) in [5, 5.41) is 14.4. The number of unbranched alkanes of at least 4 members (excludes halogenated alkanes) is 6. The molecule has 0 aliphatic heterocycles. The van der Waals surface area contributed by atoms with Gasteiger partial charge in [-0.15, -0.1) is 0 Å². The van der Waals surface area contributed by atoms with Gasteiger partial charge in [0, 0.05) is 18.3 Å². The molecule has 1 unspecified atom stereocenters. The number of rotatable bonds is 11. The van der Waals surface area contributed by atoms with Gasteiger partial charge in [0.2, 0.25) is 0 Å². The Hall–Kier alpha value is -0.830. The number of aliphatic hydroxyl groups excluding tert-OH is 1. The monoisotopic (exact) mass is 266 g/mol. The van der Waals surface area contributed by atoms with Gasteiger partial charge in [-0.05, 0) is 12.8 Å². The molecule has 1 heterocycles. The van der Waals surface area contributed by atoms with Gasteiger partial charge in [0.25, 0.3) is 0 Å². The largest absolute Gasteiger partial charge is 0.388 e. The van der Waals surface area contributed by atoms with Gasteiger partial charge in [-0.2, -0.15) is 5.10 Å². The highest BCUT2D eigenvalue weighted by Crippen LogP contribution is 2.19. The van der Waals surface area contributed by atoms with Crippen molar-refractivity contribution in [2.75, 3.05) is 0 Å². The molecule has 1 N–H and O–H groups in total. The second-order valence-corrected chi connectivity index (χ2v) is 5.46. The Morgan fingerprint density at radius 2 is 1.74 bits per heavy atom. The molecule has 0 aliphatic rings. The van der Waals surface area contributed by atoms with E-state index < -0.39 is 0 Å². The van der Waals surface area contributed by atoms with Crippen molar-refractivity contribution in [2.45, 2.75) is 84.3 Å². The summed E-state index contributed by atoms with van der Waals surface area (Å²) >= 11 is 0. The number of aryl methyl sites for hydroxylation is 1. The zero-order valence-corrected chi connectivity index (χ0v) is 12.6. The van der Waals surface area contributed by atoms with E-state index in [1.807, 2.05) is 17.1 Å². The van der Waals surface area contributed by atoms with E-state index in [1.165, 1.54) is 38.5 Å². The number of aromatic nitrogens is 2. The molecule has 0 saturated carbocycles. The second-order valence-electron chi connectivity index (χ2n) is 5.46.